The number of para-hydroxylation sites is 2. The van der Waals surface area contributed by atoms with E-state index in [0.717, 1.165) is 0 Å². The molecule has 0 saturated carbocycles. The maximum absolute atomic E-state index is 12.5. The number of carbonyl (C=O) groups is 2. The Kier molecular flexibility index (Phi) is 3.60. The summed E-state index contributed by atoms with van der Waals surface area (Å²) in [6.45, 7) is 0. The number of amides is 2. The molecule has 1 radical (unpaired) electrons. The Morgan fingerprint density at radius 2 is 1.10 bits per heavy atom. The molecule has 2 aromatic rings. The minimum absolute atomic E-state index is 0.128. The maximum atomic E-state index is 12.5. The Labute approximate surface area is 130 Å². The second-order valence-electron chi connectivity index (χ2n) is 4.44. The fourth-order valence-electron chi connectivity index (χ4n) is 2.21. The third-order valence-electron chi connectivity index (χ3n) is 3.16. The number of rotatable bonds is 2. The Bertz CT molecular complexity index is 654. The molecule has 1 aliphatic heterocycles. The van der Waals surface area contributed by atoms with Crippen molar-refractivity contribution in [2.45, 2.75) is 0 Å². The summed E-state index contributed by atoms with van der Waals surface area (Å²) in [5.74, 6) is -0.678. The zero-order chi connectivity index (χ0) is 14.8. The van der Waals surface area contributed by atoms with Crippen LogP contribution in [-0.4, -0.2) is 27.8 Å². The van der Waals surface area contributed by atoms with Gasteiger partial charge in [-0.1, -0.05) is 0 Å². The van der Waals surface area contributed by atoms with E-state index >= 15 is 0 Å². The average Bonchev–Trinajstić information content (AvgIpc) is 2.79. The third kappa shape index (κ3) is 2.27. The van der Waals surface area contributed by atoms with Crippen molar-refractivity contribution >= 4 is 39.2 Å². The first-order valence-corrected chi connectivity index (χ1v) is 7.34. The molecule has 5 heteroatoms. The Morgan fingerprint density at radius 3 is 1.43 bits per heavy atom. The van der Waals surface area contributed by atoms with Gasteiger partial charge in [0.05, 0.1) is 0 Å². The van der Waals surface area contributed by atoms with E-state index in [2.05, 4.69) is 16.0 Å². The molecule has 0 aromatic heterocycles. The van der Waals surface area contributed by atoms with E-state index in [0.29, 0.717) is 11.4 Å². The van der Waals surface area contributed by atoms with E-state index in [1.165, 1.54) is 15.0 Å². The van der Waals surface area contributed by atoms with Crippen molar-refractivity contribution in [2.24, 2.45) is 0 Å². The van der Waals surface area contributed by atoms with Crippen molar-refractivity contribution in [1.82, 2.24) is 0 Å². The molecule has 0 aliphatic carbocycles. The van der Waals surface area contributed by atoms with Crippen LogP contribution in [0.3, 0.4) is 0 Å². The molecule has 1 saturated heterocycles. The molecule has 0 atom stereocenters. The average molecular weight is 342 g/mol. The van der Waals surface area contributed by atoms with Gasteiger partial charge in [0.25, 0.3) is 0 Å². The molecule has 4 nitrogen and oxygen atoms in total. The summed E-state index contributed by atoms with van der Waals surface area (Å²) in [7, 11) is 0. The quantitative estimate of drug-likeness (QED) is 0.476. The zero-order valence-electron chi connectivity index (χ0n) is 11.0. The van der Waals surface area contributed by atoms with Gasteiger partial charge in [0.2, 0.25) is 0 Å². The number of hydrogen-bond donors (Lipinski definition) is 0. The number of hydrazine groups is 1. The van der Waals surface area contributed by atoms with Crippen LogP contribution < -0.4 is 10.0 Å². The number of nitrogens with zero attached hydrogens (tertiary/aromatic N) is 2. The first-order chi connectivity index (χ1) is 10.2. The molecule has 1 heterocycles. The van der Waals surface area contributed by atoms with Gasteiger partial charge in [-0.05, 0) is 0 Å². The molecule has 3 rings (SSSR count). The van der Waals surface area contributed by atoms with Gasteiger partial charge in [-0.25, -0.2) is 0 Å². The van der Waals surface area contributed by atoms with Crippen molar-refractivity contribution < 1.29 is 9.59 Å². The van der Waals surface area contributed by atoms with Crippen molar-refractivity contribution in [2.75, 3.05) is 10.0 Å². The molecule has 0 spiro atoms. The van der Waals surface area contributed by atoms with Crippen LogP contribution in [0.4, 0.5) is 11.4 Å². The van der Waals surface area contributed by atoms with Crippen molar-refractivity contribution in [3.8, 4) is 0 Å². The summed E-state index contributed by atoms with van der Waals surface area (Å²) in [4.78, 5) is 26.4. The van der Waals surface area contributed by atoms with Gasteiger partial charge in [0, 0.05) is 0 Å². The first-order valence-electron chi connectivity index (χ1n) is 6.35. The van der Waals surface area contributed by atoms with E-state index in [4.69, 9.17) is 0 Å². The normalized spacial score (nSPS) is 14.8. The number of benzene rings is 2. The van der Waals surface area contributed by atoms with E-state index in [1.807, 2.05) is 36.4 Å². The SMILES string of the molecule is O=C1C(=C[Se])C(=O)N(c2ccccc2)N1c1ccccc1. The van der Waals surface area contributed by atoms with Gasteiger partial charge < -0.3 is 0 Å². The van der Waals surface area contributed by atoms with Crippen LogP contribution in [0, 0.1) is 0 Å². The number of carbonyl (C=O) groups excluding carboxylic acids is 2. The van der Waals surface area contributed by atoms with Crippen molar-refractivity contribution in [3.05, 3.63) is 71.2 Å². The Balaban J connectivity index is 2.15. The molecule has 103 valence electrons. The summed E-state index contributed by atoms with van der Waals surface area (Å²) in [5.41, 5.74) is 1.43. The van der Waals surface area contributed by atoms with E-state index in [9.17, 15) is 9.59 Å². The first kappa shape index (κ1) is 13.6. The molecule has 0 unspecified atom stereocenters. The standard InChI is InChI=1S/C16H11N2O2Se/c19-15-14(11-21)16(20)18(13-9-5-2-6-10-13)17(15)12-7-3-1-4-8-12/h1-11H. The summed E-state index contributed by atoms with van der Waals surface area (Å²) in [6.07, 6.45) is 0. The predicted octanol–water partition coefficient (Wildman–Crippen LogP) is 2.03. The molecule has 2 aromatic carbocycles. The molecular formula is C16H11N2O2Se. The van der Waals surface area contributed by atoms with E-state index in [-0.39, 0.29) is 17.4 Å². The van der Waals surface area contributed by atoms with Crippen LogP contribution in [0.25, 0.3) is 0 Å². The van der Waals surface area contributed by atoms with Gasteiger partial charge in [-0.2, -0.15) is 0 Å². The predicted molar refractivity (Wildman–Crippen MR) is 81.7 cm³/mol. The van der Waals surface area contributed by atoms with E-state index in [1.54, 1.807) is 24.3 Å². The fourth-order valence-corrected chi connectivity index (χ4v) is 2.63. The molecule has 2 amide bonds. The van der Waals surface area contributed by atoms with Crippen LogP contribution in [0.5, 0.6) is 0 Å². The molecular weight excluding hydrogens is 331 g/mol. The molecule has 0 N–H and O–H groups in total. The zero-order valence-corrected chi connectivity index (χ0v) is 12.7. The number of anilines is 2. The van der Waals surface area contributed by atoms with Gasteiger partial charge in [0.15, 0.2) is 0 Å². The van der Waals surface area contributed by atoms with Gasteiger partial charge in [-0.3, -0.25) is 0 Å². The molecule has 1 fully saturated rings. The summed E-state index contributed by atoms with van der Waals surface area (Å²) in [6, 6.07) is 18.2. The van der Waals surface area contributed by atoms with Gasteiger partial charge in [0.1, 0.15) is 0 Å². The molecule has 1 aliphatic rings. The van der Waals surface area contributed by atoms with Crippen molar-refractivity contribution in [1.29, 1.82) is 0 Å². The second kappa shape index (κ2) is 5.56. The Hall–Kier alpha value is -2.36. The Morgan fingerprint density at radius 1 is 0.714 bits per heavy atom. The third-order valence-corrected chi connectivity index (χ3v) is 3.66. The van der Waals surface area contributed by atoms with Crippen LogP contribution >= 0.6 is 0 Å². The van der Waals surface area contributed by atoms with Gasteiger partial charge in [-0.15, -0.1) is 0 Å². The summed E-state index contributed by atoms with van der Waals surface area (Å²) in [5, 5.41) is 2.78. The molecule has 0 bridgehead atoms. The topological polar surface area (TPSA) is 40.6 Å². The van der Waals surface area contributed by atoms with Crippen LogP contribution in [0.15, 0.2) is 71.2 Å². The van der Waals surface area contributed by atoms with Crippen LogP contribution in [0.2, 0.25) is 0 Å². The van der Waals surface area contributed by atoms with Crippen LogP contribution in [-0.2, 0) is 9.59 Å². The second-order valence-corrected chi connectivity index (χ2v) is 4.93. The number of hydrogen-bond acceptors (Lipinski definition) is 2. The van der Waals surface area contributed by atoms with Crippen LogP contribution in [0.1, 0.15) is 0 Å². The summed E-state index contributed by atoms with van der Waals surface area (Å²) < 4.78 is 0. The minimum atomic E-state index is -0.339. The van der Waals surface area contributed by atoms with Gasteiger partial charge >= 0.3 is 130 Å². The fraction of sp³-hybridized carbons (Fsp3) is 0. The summed E-state index contributed by atoms with van der Waals surface area (Å²) >= 11 is 2.63. The molecule has 21 heavy (non-hydrogen) atoms. The van der Waals surface area contributed by atoms with E-state index < -0.39 is 0 Å². The van der Waals surface area contributed by atoms with Crippen molar-refractivity contribution in [3.63, 3.8) is 0 Å². The monoisotopic (exact) mass is 343 g/mol.